The number of rotatable bonds is 2. The highest BCUT2D eigenvalue weighted by atomic mass is 35.5. The second-order valence-corrected chi connectivity index (χ2v) is 8.08. The Labute approximate surface area is 152 Å². The van der Waals surface area contributed by atoms with Gasteiger partial charge < -0.3 is 20.5 Å². The van der Waals surface area contributed by atoms with Crippen molar-refractivity contribution < 1.29 is 14.6 Å². The van der Waals surface area contributed by atoms with Gasteiger partial charge in [0, 0.05) is 12.5 Å². The van der Waals surface area contributed by atoms with Gasteiger partial charge in [-0.2, -0.15) is 0 Å². The average Bonchev–Trinajstić information content (AvgIpc) is 2.69. The van der Waals surface area contributed by atoms with Crippen molar-refractivity contribution in [3.8, 4) is 0 Å². The highest BCUT2D eigenvalue weighted by molar-refractivity contribution is 6.42. The molecule has 1 fully saturated rings. The quantitative estimate of drug-likeness (QED) is 0.818. The summed E-state index contributed by atoms with van der Waals surface area (Å²) < 4.78 is 6.35. The maximum absolute atomic E-state index is 11.6. The van der Waals surface area contributed by atoms with Crippen LogP contribution in [-0.4, -0.2) is 41.8 Å². The first-order chi connectivity index (χ1) is 11.1. The second-order valence-electron chi connectivity index (χ2n) is 7.27. The largest absolute Gasteiger partial charge is 0.465 e. The smallest absolute Gasteiger partial charge is 0.407 e. The lowest BCUT2D eigenvalue weighted by Gasteiger charge is -2.34. The molecule has 0 saturated carbocycles. The van der Waals surface area contributed by atoms with Crippen LogP contribution in [-0.2, 0) is 4.74 Å². The van der Waals surface area contributed by atoms with Crippen LogP contribution >= 0.6 is 23.2 Å². The molecule has 2 rings (SSSR count). The number of amides is 1. The van der Waals surface area contributed by atoms with E-state index >= 15 is 0 Å². The number of benzene rings is 1. The Balaban J connectivity index is 2.42. The molecule has 1 aliphatic heterocycles. The third-order valence-electron chi connectivity index (χ3n) is 4.39. The fourth-order valence-electron chi connectivity index (χ4n) is 2.86. The summed E-state index contributed by atoms with van der Waals surface area (Å²) in [5.41, 5.74) is 6.57. The molecule has 1 heterocycles. The summed E-state index contributed by atoms with van der Waals surface area (Å²) in [6, 6.07) is 5.35. The van der Waals surface area contributed by atoms with E-state index in [0.717, 1.165) is 5.56 Å². The Bertz CT molecular complexity index is 604. The van der Waals surface area contributed by atoms with Gasteiger partial charge in [-0.25, -0.2) is 4.79 Å². The zero-order valence-corrected chi connectivity index (χ0v) is 15.6. The molecular formula is C17H24Cl2N2O3. The summed E-state index contributed by atoms with van der Waals surface area (Å²) in [6.07, 6.45) is -1.55. The van der Waals surface area contributed by atoms with Crippen molar-refractivity contribution in [1.29, 1.82) is 0 Å². The number of nitrogens with two attached hydrogens (primary N) is 1. The van der Waals surface area contributed by atoms with E-state index in [1.807, 2.05) is 26.8 Å². The minimum absolute atomic E-state index is 0.161. The lowest BCUT2D eigenvalue weighted by atomic mass is 9.88. The maximum Gasteiger partial charge on any atom is 0.407 e. The number of hydrogen-bond donors (Lipinski definition) is 2. The Morgan fingerprint density at radius 2 is 2.00 bits per heavy atom. The fourth-order valence-corrected chi connectivity index (χ4v) is 3.16. The Morgan fingerprint density at radius 1 is 1.33 bits per heavy atom. The van der Waals surface area contributed by atoms with Crippen molar-refractivity contribution >= 4 is 29.3 Å². The molecular weight excluding hydrogens is 351 g/mol. The van der Waals surface area contributed by atoms with Gasteiger partial charge in [0.2, 0.25) is 0 Å². The van der Waals surface area contributed by atoms with Crippen LogP contribution in [0.15, 0.2) is 18.2 Å². The average molecular weight is 375 g/mol. The van der Waals surface area contributed by atoms with Crippen LogP contribution in [0.4, 0.5) is 4.79 Å². The van der Waals surface area contributed by atoms with Gasteiger partial charge in [-0.1, -0.05) is 50.0 Å². The lowest BCUT2D eigenvalue weighted by Crippen LogP contribution is -2.42. The van der Waals surface area contributed by atoms with E-state index in [1.165, 1.54) is 4.90 Å². The van der Waals surface area contributed by atoms with Crippen LogP contribution in [0.5, 0.6) is 0 Å². The highest BCUT2D eigenvalue weighted by Crippen LogP contribution is 2.38. The molecule has 1 saturated heterocycles. The van der Waals surface area contributed by atoms with Crippen LogP contribution in [0, 0.1) is 11.3 Å². The van der Waals surface area contributed by atoms with Gasteiger partial charge in [0.15, 0.2) is 0 Å². The molecule has 0 radical (unpaired) electrons. The van der Waals surface area contributed by atoms with Gasteiger partial charge >= 0.3 is 6.09 Å². The van der Waals surface area contributed by atoms with E-state index in [0.29, 0.717) is 29.7 Å². The minimum Gasteiger partial charge on any atom is -0.465 e. The molecule has 1 aliphatic rings. The molecule has 1 amide bonds. The SMILES string of the molecule is CC(C)(C)C1CN(C(=O)O)C[C@@H](CN)[C@H](c2ccc(Cl)c(Cl)c2)O1. The van der Waals surface area contributed by atoms with E-state index in [2.05, 4.69) is 0 Å². The molecule has 0 bridgehead atoms. The Kier molecular flexibility index (Phi) is 6.02. The van der Waals surface area contributed by atoms with E-state index in [4.69, 9.17) is 33.7 Å². The van der Waals surface area contributed by atoms with E-state index in [-0.39, 0.29) is 23.5 Å². The molecule has 1 unspecified atom stereocenters. The molecule has 134 valence electrons. The van der Waals surface area contributed by atoms with Crippen molar-refractivity contribution in [3.63, 3.8) is 0 Å². The fraction of sp³-hybridized carbons (Fsp3) is 0.588. The number of ether oxygens (including phenoxy) is 1. The number of carbonyl (C=O) groups is 1. The minimum atomic E-state index is -0.957. The molecule has 7 heteroatoms. The number of hydrogen-bond acceptors (Lipinski definition) is 3. The molecule has 0 aromatic heterocycles. The monoisotopic (exact) mass is 374 g/mol. The number of halogens is 2. The summed E-state index contributed by atoms with van der Waals surface area (Å²) in [7, 11) is 0. The summed E-state index contributed by atoms with van der Waals surface area (Å²) in [4.78, 5) is 13.0. The zero-order chi connectivity index (χ0) is 18.1. The number of nitrogens with zero attached hydrogens (tertiary/aromatic N) is 1. The predicted molar refractivity (Wildman–Crippen MR) is 95.7 cm³/mol. The first-order valence-corrected chi connectivity index (χ1v) is 8.67. The molecule has 24 heavy (non-hydrogen) atoms. The zero-order valence-electron chi connectivity index (χ0n) is 14.1. The normalized spacial score (nSPS) is 25.4. The topological polar surface area (TPSA) is 75.8 Å². The third kappa shape index (κ3) is 4.33. The summed E-state index contributed by atoms with van der Waals surface area (Å²) in [6.45, 7) is 7.05. The molecule has 0 aliphatic carbocycles. The number of carboxylic acid groups (broad SMARTS) is 1. The standard InChI is InChI=1S/C17H24Cl2N2O3/c1-17(2,3)14-9-21(16(22)23)8-11(7-20)15(24-14)10-4-5-12(18)13(19)6-10/h4-6,11,14-15H,7-9,20H2,1-3H3,(H,22,23)/t11-,14?,15+/m1/s1. The summed E-state index contributed by atoms with van der Waals surface area (Å²) in [5, 5.41) is 10.4. The Hall–Kier alpha value is -1.01. The van der Waals surface area contributed by atoms with Crippen molar-refractivity contribution in [3.05, 3.63) is 33.8 Å². The first-order valence-electron chi connectivity index (χ1n) is 7.91. The first kappa shape index (κ1) is 19.3. The maximum atomic E-state index is 11.6. The highest BCUT2D eigenvalue weighted by Gasteiger charge is 2.39. The second kappa shape index (κ2) is 7.48. The van der Waals surface area contributed by atoms with E-state index in [9.17, 15) is 9.90 Å². The van der Waals surface area contributed by atoms with Crippen LogP contribution < -0.4 is 5.73 Å². The van der Waals surface area contributed by atoms with Crippen molar-refractivity contribution in [2.75, 3.05) is 19.6 Å². The molecule has 3 N–H and O–H groups in total. The van der Waals surface area contributed by atoms with Gasteiger partial charge in [0.1, 0.15) is 0 Å². The molecule has 1 aromatic carbocycles. The summed E-state index contributed by atoms with van der Waals surface area (Å²) in [5.74, 6) is -0.161. The van der Waals surface area contributed by atoms with Gasteiger partial charge in [0.25, 0.3) is 0 Å². The van der Waals surface area contributed by atoms with Gasteiger partial charge in [0.05, 0.1) is 28.8 Å². The van der Waals surface area contributed by atoms with Gasteiger partial charge in [-0.05, 0) is 29.7 Å². The molecule has 3 atom stereocenters. The lowest BCUT2D eigenvalue weighted by molar-refractivity contribution is -0.0757. The molecule has 1 aromatic rings. The van der Waals surface area contributed by atoms with Crippen molar-refractivity contribution in [2.24, 2.45) is 17.1 Å². The predicted octanol–water partition coefficient (Wildman–Crippen LogP) is 4.03. The van der Waals surface area contributed by atoms with Gasteiger partial charge in [-0.3, -0.25) is 0 Å². The van der Waals surface area contributed by atoms with Crippen LogP contribution in [0.1, 0.15) is 32.4 Å². The van der Waals surface area contributed by atoms with E-state index < -0.39 is 6.09 Å². The van der Waals surface area contributed by atoms with Crippen LogP contribution in [0.25, 0.3) is 0 Å². The van der Waals surface area contributed by atoms with Crippen molar-refractivity contribution in [2.45, 2.75) is 33.0 Å². The molecule has 5 nitrogen and oxygen atoms in total. The Morgan fingerprint density at radius 3 is 2.50 bits per heavy atom. The molecule has 0 spiro atoms. The van der Waals surface area contributed by atoms with Crippen molar-refractivity contribution in [1.82, 2.24) is 4.90 Å². The summed E-state index contributed by atoms with van der Waals surface area (Å²) >= 11 is 12.2. The van der Waals surface area contributed by atoms with Crippen LogP contribution in [0.2, 0.25) is 10.0 Å². The third-order valence-corrected chi connectivity index (χ3v) is 5.13. The van der Waals surface area contributed by atoms with Crippen LogP contribution in [0.3, 0.4) is 0 Å². The van der Waals surface area contributed by atoms with E-state index in [1.54, 1.807) is 12.1 Å². The van der Waals surface area contributed by atoms with Gasteiger partial charge in [-0.15, -0.1) is 0 Å².